The van der Waals surface area contributed by atoms with Gasteiger partial charge in [0.25, 0.3) is 0 Å². The average molecular weight is 416 g/mol. The number of carbonyl (C=O) groups excluding carboxylic acids is 1. The molecule has 0 bridgehead atoms. The first-order valence-corrected chi connectivity index (χ1v) is 10.9. The van der Waals surface area contributed by atoms with E-state index in [9.17, 15) is 17.6 Å². The smallest absolute Gasteiger partial charge is 0.243 e. The third-order valence-electron chi connectivity index (χ3n) is 5.03. The van der Waals surface area contributed by atoms with Crippen molar-refractivity contribution in [2.24, 2.45) is 0 Å². The van der Waals surface area contributed by atoms with Gasteiger partial charge in [-0.15, -0.1) is 0 Å². The third-order valence-corrected chi connectivity index (χ3v) is 6.95. The van der Waals surface area contributed by atoms with Crippen LogP contribution in [0.25, 0.3) is 11.0 Å². The number of carbonyl (C=O) groups is 1. The number of imidazole rings is 1. The summed E-state index contributed by atoms with van der Waals surface area (Å²) >= 11 is 0. The van der Waals surface area contributed by atoms with Crippen LogP contribution in [-0.4, -0.2) is 47.7 Å². The SMILES string of the molecule is O=C(NCCc1nc2ccccc2[nH]1)C1CCCN1S(=O)(=O)c1ccc(F)cc1. The molecule has 1 aliphatic rings. The number of halogens is 1. The van der Waals surface area contributed by atoms with E-state index < -0.39 is 21.9 Å². The Morgan fingerprint density at radius 2 is 1.97 bits per heavy atom. The predicted molar refractivity (Wildman–Crippen MR) is 106 cm³/mol. The van der Waals surface area contributed by atoms with Gasteiger partial charge in [0.2, 0.25) is 15.9 Å². The average Bonchev–Trinajstić information content (AvgIpc) is 3.35. The van der Waals surface area contributed by atoms with Gasteiger partial charge in [-0.05, 0) is 49.2 Å². The van der Waals surface area contributed by atoms with Gasteiger partial charge in [-0.3, -0.25) is 4.79 Å². The van der Waals surface area contributed by atoms with Crippen molar-refractivity contribution in [3.8, 4) is 0 Å². The summed E-state index contributed by atoms with van der Waals surface area (Å²) < 4.78 is 40.1. The van der Waals surface area contributed by atoms with Crippen molar-refractivity contribution < 1.29 is 17.6 Å². The molecule has 4 rings (SSSR count). The van der Waals surface area contributed by atoms with E-state index >= 15 is 0 Å². The molecule has 1 atom stereocenters. The summed E-state index contributed by atoms with van der Waals surface area (Å²) in [4.78, 5) is 20.3. The minimum atomic E-state index is -3.86. The van der Waals surface area contributed by atoms with E-state index in [0.29, 0.717) is 25.8 Å². The van der Waals surface area contributed by atoms with Gasteiger partial charge in [-0.1, -0.05) is 12.1 Å². The highest BCUT2D eigenvalue weighted by molar-refractivity contribution is 7.89. The second-order valence-electron chi connectivity index (χ2n) is 6.97. The van der Waals surface area contributed by atoms with Crippen molar-refractivity contribution in [1.29, 1.82) is 0 Å². The Labute approximate surface area is 168 Å². The molecule has 1 aromatic heterocycles. The van der Waals surface area contributed by atoms with Crippen molar-refractivity contribution in [1.82, 2.24) is 19.6 Å². The predicted octanol–water partition coefficient (Wildman–Crippen LogP) is 2.21. The lowest BCUT2D eigenvalue weighted by Crippen LogP contribution is -2.46. The summed E-state index contributed by atoms with van der Waals surface area (Å²) in [5.41, 5.74) is 1.79. The number of aromatic amines is 1. The van der Waals surface area contributed by atoms with Crippen LogP contribution in [0.1, 0.15) is 18.7 Å². The lowest BCUT2D eigenvalue weighted by atomic mass is 10.2. The van der Waals surface area contributed by atoms with E-state index in [0.717, 1.165) is 29.0 Å². The van der Waals surface area contributed by atoms with Gasteiger partial charge in [0.15, 0.2) is 0 Å². The Kier molecular flexibility index (Phi) is 5.33. The number of benzene rings is 2. The Morgan fingerprint density at radius 1 is 1.21 bits per heavy atom. The molecule has 0 radical (unpaired) electrons. The topological polar surface area (TPSA) is 95.2 Å². The molecule has 2 aromatic carbocycles. The third kappa shape index (κ3) is 4.01. The van der Waals surface area contributed by atoms with E-state index in [4.69, 9.17) is 0 Å². The van der Waals surface area contributed by atoms with E-state index in [2.05, 4.69) is 15.3 Å². The van der Waals surface area contributed by atoms with Crippen LogP contribution in [0.5, 0.6) is 0 Å². The number of hydrogen-bond donors (Lipinski definition) is 2. The molecule has 1 unspecified atom stereocenters. The number of nitrogens with zero attached hydrogens (tertiary/aromatic N) is 2. The number of sulfonamides is 1. The summed E-state index contributed by atoms with van der Waals surface area (Å²) in [6, 6.07) is 11.6. The van der Waals surface area contributed by atoms with Crippen LogP contribution in [-0.2, 0) is 21.2 Å². The maximum atomic E-state index is 13.1. The van der Waals surface area contributed by atoms with Crippen molar-refractivity contribution in [3.63, 3.8) is 0 Å². The molecule has 1 aliphatic heterocycles. The van der Waals surface area contributed by atoms with Gasteiger partial charge in [0.1, 0.15) is 17.7 Å². The minimum Gasteiger partial charge on any atom is -0.354 e. The first-order chi connectivity index (χ1) is 13.9. The van der Waals surface area contributed by atoms with Crippen LogP contribution in [0.15, 0.2) is 53.4 Å². The molecule has 0 spiro atoms. The quantitative estimate of drug-likeness (QED) is 0.644. The molecule has 29 heavy (non-hydrogen) atoms. The Balaban J connectivity index is 1.40. The highest BCUT2D eigenvalue weighted by Gasteiger charge is 2.39. The molecule has 3 aromatic rings. The van der Waals surface area contributed by atoms with Crippen molar-refractivity contribution >= 4 is 27.0 Å². The zero-order chi connectivity index (χ0) is 20.4. The van der Waals surface area contributed by atoms with Crippen LogP contribution in [0.2, 0.25) is 0 Å². The highest BCUT2D eigenvalue weighted by Crippen LogP contribution is 2.26. The number of rotatable bonds is 6. The number of hydrogen-bond acceptors (Lipinski definition) is 4. The van der Waals surface area contributed by atoms with E-state index in [1.807, 2.05) is 24.3 Å². The largest absolute Gasteiger partial charge is 0.354 e. The normalized spacial score (nSPS) is 17.6. The fourth-order valence-electron chi connectivity index (χ4n) is 3.58. The second kappa shape index (κ2) is 7.92. The lowest BCUT2D eigenvalue weighted by molar-refractivity contribution is -0.124. The monoisotopic (exact) mass is 416 g/mol. The molecule has 1 fully saturated rings. The summed E-state index contributed by atoms with van der Waals surface area (Å²) in [6.45, 7) is 0.612. The fourth-order valence-corrected chi connectivity index (χ4v) is 5.23. The molecular weight excluding hydrogens is 395 g/mol. The lowest BCUT2D eigenvalue weighted by Gasteiger charge is -2.23. The van der Waals surface area contributed by atoms with Gasteiger partial charge in [-0.25, -0.2) is 17.8 Å². The van der Waals surface area contributed by atoms with Crippen LogP contribution in [0.3, 0.4) is 0 Å². The van der Waals surface area contributed by atoms with Crippen molar-refractivity contribution in [3.05, 3.63) is 60.2 Å². The minimum absolute atomic E-state index is 0.0131. The molecule has 1 amide bonds. The zero-order valence-corrected chi connectivity index (χ0v) is 16.5. The molecule has 2 heterocycles. The summed E-state index contributed by atoms with van der Waals surface area (Å²) in [5, 5.41) is 2.82. The van der Waals surface area contributed by atoms with Crippen molar-refractivity contribution in [2.45, 2.75) is 30.2 Å². The number of aromatic nitrogens is 2. The van der Waals surface area contributed by atoms with Crippen LogP contribution < -0.4 is 5.32 Å². The van der Waals surface area contributed by atoms with Crippen LogP contribution in [0, 0.1) is 5.82 Å². The maximum absolute atomic E-state index is 13.1. The number of para-hydroxylation sites is 2. The van der Waals surface area contributed by atoms with Gasteiger partial charge >= 0.3 is 0 Å². The number of nitrogens with one attached hydrogen (secondary N) is 2. The first kappa shape index (κ1) is 19.5. The van der Waals surface area contributed by atoms with Gasteiger partial charge in [0.05, 0.1) is 15.9 Å². The van der Waals surface area contributed by atoms with Gasteiger partial charge in [0, 0.05) is 19.5 Å². The molecule has 152 valence electrons. The first-order valence-electron chi connectivity index (χ1n) is 9.44. The number of H-pyrrole nitrogens is 1. The molecule has 0 aliphatic carbocycles. The van der Waals surface area contributed by atoms with Gasteiger partial charge in [-0.2, -0.15) is 4.31 Å². The standard InChI is InChI=1S/C20H21FN4O3S/c21-14-7-9-15(10-8-14)29(27,28)25-13-3-6-18(25)20(26)22-12-11-19-23-16-4-1-2-5-17(16)24-19/h1-2,4-5,7-10,18H,3,6,11-13H2,(H,22,26)(H,23,24). The van der Waals surface area contributed by atoms with Gasteiger partial charge < -0.3 is 10.3 Å². The fraction of sp³-hybridized carbons (Fsp3) is 0.300. The Morgan fingerprint density at radius 3 is 2.72 bits per heavy atom. The molecule has 0 saturated carbocycles. The number of fused-ring (bicyclic) bond motifs is 1. The molecule has 7 nitrogen and oxygen atoms in total. The molecule has 2 N–H and O–H groups in total. The summed E-state index contributed by atoms with van der Waals surface area (Å²) in [7, 11) is -3.86. The highest BCUT2D eigenvalue weighted by atomic mass is 32.2. The van der Waals surface area contributed by atoms with E-state index in [-0.39, 0.29) is 17.3 Å². The summed E-state index contributed by atoms with van der Waals surface area (Å²) in [6.07, 6.45) is 1.57. The second-order valence-corrected chi connectivity index (χ2v) is 8.86. The Bertz CT molecular complexity index is 1100. The molecule has 1 saturated heterocycles. The van der Waals surface area contributed by atoms with Crippen molar-refractivity contribution in [2.75, 3.05) is 13.1 Å². The van der Waals surface area contributed by atoms with Crippen LogP contribution in [0.4, 0.5) is 4.39 Å². The summed E-state index contributed by atoms with van der Waals surface area (Å²) in [5.74, 6) is -0.0803. The van der Waals surface area contributed by atoms with E-state index in [1.54, 1.807) is 0 Å². The molecular formula is C20H21FN4O3S. The van der Waals surface area contributed by atoms with Crippen LogP contribution >= 0.6 is 0 Å². The zero-order valence-electron chi connectivity index (χ0n) is 15.6. The number of amides is 1. The van der Waals surface area contributed by atoms with E-state index in [1.165, 1.54) is 16.4 Å². The maximum Gasteiger partial charge on any atom is 0.243 e. The molecule has 9 heteroatoms. The Hall–Kier alpha value is -2.78.